The van der Waals surface area contributed by atoms with E-state index in [-0.39, 0.29) is 51.9 Å². The molecule has 81 heavy (non-hydrogen) atoms. The van der Waals surface area contributed by atoms with Crippen molar-refractivity contribution in [1.82, 2.24) is 0 Å². The molecule has 0 aliphatic rings. The maximum absolute atomic E-state index is 10.2. The summed E-state index contributed by atoms with van der Waals surface area (Å²) >= 11 is 0. The molecule has 0 spiro atoms. The average Bonchev–Trinajstić information content (AvgIpc) is 3.43. The van der Waals surface area contributed by atoms with Crippen molar-refractivity contribution in [3.05, 3.63) is 48.6 Å². The van der Waals surface area contributed by atoms with Crippen LogP contribution in [0.25, 0.3) is 0 Å². The molecule has 9 heteroatoms. The minimum absolute atomic E-state index is 0. The summed E-state index contributed by atoms with van der Waals surface area (Å²) in [5.74, 6) is -3.66. The molecule has 0 radical (unpaired) electrons. The molecule has 0 bridgehead atoms. The Labute approximate surface area is 522 Å². The van der Waals surface area contributed by atoms with Gasteiger partial charge in [0.1, 0.15) is 0 Å². The summed E-state index contributed by atoms with van der Waals surface area (Å²) in [6, 6.07) is 0. The number of unbranched alkanes of at least 4 members (excludes halogenated alkanes) is 44. The molecule has 0 aromatic heterocycles. The van der Waals surface area contributed by atoms with Gasteiger partial charge in [-0.3, -0.25) is 0 Å². The van der Waals surface area contributed by atoms with E-state index in [0.717, 1.165) is 77.0 Å². The minimum Gasteiger partial charge on any atom is -0.550 e. The molecule has 0 unspecified atom stereocenters. The smallest absolute Gasteiger partial charge is 0.550 e. The summed E-state index contributed by atoms with van der Waals surface area (Å²) < 4.78 is 0. The fourth-order valence-corrected chi connectivity index (χ4v) is 9.36. The van der Waals surface area contributed by atoms with Crippen molar-refractivity contribution in [3.63, 3.8) is 0 Å². The molecule has 0 rings (SSSR count). The van der Waals surface area contributed by atoms with Crippen LogP contribution in [0, 0.1) is 0 Å². The number of carboxylic acids is 4. The van der Waals surface area contributed by atoms with Crippen LogP contribution in [0.4, 0.5) is 0 Å². The van der Waals surface area contributed by atoms with Gasteiger partial charge in [-0.15, -0.1) is 0 Å². The molecular weight excluding hydrogens is 1080 g/mol. The Balaban J connectivity index is -0.000000316. The summed E-state index contributed by atoms with van der Waals surface area (Å²) in [5, 5.41) is 40.9. The first-order valence-corrected chi connectivity index (χ1v) is 34.5. The van der Waals surface area contributed by atoms with Crippen LogP contribution in [0.15, 0.2) is 48.6 Å². The SMILES string of the molecule is CCCCCCCC/C=C\CCCCCCCC(=O)[O-].CCCCCCCC/C=C\CCCCCCCC(=O)[O-].CCCCCCCC/C=C\CCCCCCCC(=O)[O-].CCCCCCCC/C=C\CCCCCCCC(=O)[O-].[Zr+4]. The molecule has 0 N–H and O–H groups in total. The molecule has 0 saturated heterocycles. The van der Waals surface area contributed by atoms with Crippen LogP contribution < -0.4 is 20.4 Å². The van der Waals surface area contributed by atoms with Crippen molar-refractivity contribution in [2.24, 2.45) is 0 Å². The third-order valence-electron chi connectivity index (χ3n) is 14.6. The molecule has 0 aliphatic carbocycles. The first kappa shape index (κ1) is 87.5. The Morgan fingerprint density at radius 3 is 0.432 bits per heavy atom. The van der Waals surface area contributed by atoms with Crippen molar-refractivity contribution < 1.29 is 65.8 Å². The van der Waals surface area contributed by atoms with Gasteiger partial charge in [0.05, 0.1) is 0 Å². The maximum Gasteiger partial charge on any atom is 4.00 e. The standard InChI is InChI=1S/4C18H34O2.Zr/c4*1-2-3-4-5-6-7-8-9-10-11-12-13-14-15-16-17-18(19)20;/h4*9-10H,2-8,11-17H2,1H3,(H,19,20);/q;;;;+4/p-4/b4*10-9-;. The van der Waals surface area contributed by atoms with Crippen molar-refractivity contribution in [2.45, 2.75) is 387 Å². The minimum atomic E-state index is -0.914. The van der Waals surface area contributed by atoms with Gasteiger partial charge >= 0.3 is 26.2 Å². The number of carbonyl (C=O) groups excluding carboxylic acids is 4. The largest absolute Gasteiger partial charge is 4.00 e. The molecule has 0 fully saturated rings. The zero-order valence-electron chi connectivity index (χ0n) is 54.0. The van der Waals surface area contributed by atoms with Crippen LogP contribution in [0.1, 0.15) is 387 Å². The van der Waals surface area contributed by atoms with E-state index in [1.54, 1.807) is 0 Å². The second-order valence-corrected chi connectivity index (χ2v) is 22.8. The van der Waals surface area contributed by atoms with E-state index in [4.69, 9.17) is 0 Å². The van der Waals surface area contributed by atoms with E-state index in [1.807, 2.05) is 0 Å². The van der Waals surface area contributed by atoms with E-state index in [1.165, 1.54) is 257 Å². The van der Waals surface area contributed by atoms with Crippen LogP contribution >= 0.6 is 0 Å². The Bertz CT molecular complexity index is 1140. The van der Waals surface area contributed by atoms with Gasteiger partial charge < -0.3 is 39.6 Å². The first-order valence-electron chi connectivity index (χ1n) is 34.5. The monoisotopic (exact) mass is 1210 g/mol. The van der Waals surface area contributed by atoms with Crippen molar-refractivity contribution in [3.8, 4) is 0 Å². The third-order valence-corrected chi connectivity index (χ3v) is 14.6. The Hall–Kier alpha value is -2.28. The predicted molar refractivity (Wildman–Crippen MR) is 338 cm³/mol. The van der Waals surface area contributed by atoms with Gasteiger partial charge in [-0.2, -0.15) is 0 Å². The van der Waals surface area contributed by atoms with E-state index in [2.05, 4.69) is 76.3 Å². The topological polar surface area (TPSA) is 161 Å². The zero-order chi connectivity index (χ0) is 59.6. The van der Waals surface area contributed by atoms with Gasteiger partial charge in [0.2, 0.25) is 0 Å². The van der Waals surface area contributed by atoms with E-state index in [9.17, 15) is 39.6 Å². The molecule has 8 nitrogen and oxygen atoms in total. The van der Waals surface area contributed by atoms with Crippen molar-refractivity contribution >= 4 is 23.9 Å². The second kappa shape index (κ2) is 84.2. The summed E-state index contributed by atoms with van der Waals surface area (Å²) in [6.45, 7) is 9.02. The average molecular weight is 1220 g/mol. The number of hydrogen-bond donors (Lipinski definition) is 0. The summed E-state index contributed by atoms with van der Waals surface area (Å²) in [5.41, 5.74) is 0. The fourth-order valence-electron chi connectivity index (χ4n) is 9.36. The predicted octanol–water partition coefficient (Wildman–Crippen LogP) is 19.1. The molecule has 0 saturated carbocycles. The van der Waals surface area contributed by atoms with Crippen LogP contribution in [0.5, 0.6) is 0 Å². The van der Waals surface area contributed by atoms with Crippen LogP contribution in [-0.2, 0) is 45.4 Å². The maximum atomic E-state index is 10.2. The molecule has 0 heterocycles. The summed E-state index contributed by atoms with van der Waals surface area (Å²) in [7, 11) is 0. The van der Waals surface area contributed by atoms with E-state index in [0.29, 0.717) is 0 Å². The number of carbonyl (C=O) groups is 4. The molecule has 0 aromatic carbocycles. The molecule has 0 amide bonds. The Morgan fingerprint density at radius 2 is 0.309 bits per heavy atom. The van der Waals surface area contributed by atoms with Gasteiger partial charge in [-0.25, -0.2) is 0 Å². The van der Waals surface area contributed by atoms with Crippen molar-refractivity contribution in [2.75, 3.05) is 0 Å². The fraction of sp³-hybridized carbons (Fsp3) is 0.833. The molecular formula is C72H132O8Zr. The van der Waals surface area contributed by atoms with E-state index < -0.39 is 23.9 Å². The first-order chi connectivity index (χ1) is 39.1. The summed E-state index contributed by atoms with van der Waals surface area (Å²) in [6.07, 6.45) is 83.6. The van der Waals surface area contributed by atoms with Crippen molar-refractivity contribution in [1.29, 1.82) is 0 Å². The Kier molecular flexibility index (Phi) is 90.9. The van der Waals surface area contributed by atoms with Gasteiger partial charge in [0.25, 0.3) is 0 Å². The molecule has 0 aliphatic heterocycles. The number of aliphatic carboxylic acids is 4. The molecule has 472 valence electrons. The quantitative estimate of drug-likeness (QED) is 0.0430. The van der Waals surface area contributed by atoms with Crippen LogP contribution in [0.2, 0.25) is 0 Å². The number of allylic oxidation sites excluding steroid dienone is 8. The third kappa shape index (κ3) is 103. The zero-order valence-corrected chi connectivity index (χ0v) is 56.4. The van der Waals surface area contributed by atoms with E-state index >= 15 is 0 Å². The van der Waals surface area contributed by atoms with Crippen LogP contribution in [-0.4, -0.2) is 23.9 Å². The Morgan fingerprint density at radius 1 is 0.198 bits per heavy atom. The normalized spacial score (nSPS) is 11.1. The van der Waals surface area contributed by atoms with Gasteiger partial charge in [0.15, 0.2) is 0 Å². The number of carboxylic acid groups (broad SMARTS) is 4. The number of hydrogen-bond acceptors (Lipinski definition) is 8. The van der Waals surface area contributed by atoms with Crippen LogP contribution in [0.3, 0.4) is 0 Å². The molecule has 0 aromatic rings. The summed E-state index contributed by atoms with van der Waals surface area (Å²) in [4.78, 5) is 40.9. The van der Waals surface area contributed by atoms with Gasteiger partial charge in [-0.05, 0) is 154 Å². The number of rotatable bonds is 60. The molecule has 0 atom stereocenters. The van der Waals surface area contributed by atoms with Gasteiger partial charge in [0, 0.05) is 23.9 Å². The second-order valence-electron chi connectivity index (χ2n) is 22.8. The van der Waals surface area contributed by atoms with Gasteiger partial charge in [-0.1, -0.05) is 282 Å².